The second kappa shape index (κ2) is 5.92. The molecule has 8 heteroatoms. The number of hydrogen-bond donors (Lipinski definition) is 2. The zero-order valence-electron chi connectivity index (χ0n) is 11.6. The Bertz CT molecular complexity index is 654. The molecule has 1 aromatic carbocycles. The van der Waals surface area contributed by atoms with Gasteiger partial charge < -0.3 is 5.73 Å². The van der Waals surface area contributed by atoms with Crippen molar-refractivity contribution in [3.05, 3.63) is 29.8 Å². The van der Waals surface area contributed by atoms with Crippen molar-refractivity contribution in [2.45, 2.75) is 24.3 Å². The lowest BCUT2D eigenvalue weighted by molar-refractivity contribution is -0.136. The van der Waals surface area contributed by atoms with Crippen molar-refractivity contribution in [2.75, 3.05) is 13.1 Å². The monoisotopic (exact) mass is 311 g/mol. The van der Waals surface area contributed by atoms with Crippen LogP contribution in [0, 0.1) is 0 Å². The number of nitrogens with one attached hydrogen (secondary N) is 1. The van der Waals surface area contributed by atoms with E-state index in [4.69, 9.17) is 5.73 Å². The smallest absolute Gasteiger partial charge is 0.244 e. The van der Waals surface area contributed by atoms with Crippen molar-refractivity contribution in [2.24, 2.45) is 5.73 Å². The Morgan fingerprint density at radius 3 is 2.48 bits per heavy atom. The average molecular weight is 311 g/mol. The predicted molar refractivity (Wildman–Crippen MR) is 75.7 cm³/mol. The second-order valence-electron chi connectivity index (χ2n) is 4.82. The minimum Gasteiger partial charge on any atom is -0.330 e. The van der Waals surface area contributed by atoms with E-state index in [-0.39, 0.29) is 11.4 Å². The molecule has 1 unspecified atom stereocenters. The van der Waals surface area contributed by atoms with Gasteiger partial charge in [0.1, 0.15) is 6.04 Å². The maximum Gasteiger partial charge on any atom is 0.244 e. The molecule has 2 amide bonds. The van der Waals surface area contributed by atoms with E-state index in [0.717, 1.165) is 9.87 Å². The molecule has 1 heterocycles. The van der Waals surface area contributed by atoms with E-state index in [1.165, 1.54) is 19.1 Å². The highest BCUT2D eigenvalue weighted by Gasteiger charge is 2.38. The molecule has 0 aromatic heterocycles. The quantitative estimate of drug-likeness (QED) is 0.709. The van der Waals surface area contributed by atoms with E-state index in [1.807, 2.05) is 0 Å². The van der Waals surface area contributed by atoms with Crippen molar-refractivity contribution >= 4 is 21.8 Å². The van der Waals surface area contributed by atoms with Crippen LogP contribution in [0.4, 0.5) is 0 Å². The molecule has 1 aliphatic heterocycles. The lowest BCUT2D eigenvalue weighted by Gasteiger charge is -2.30. The van der Waals surface area contributed by atoms with Crippen molar-refractivity contribution in [3.63, 3.8) is 0 Å². The fraction of sp³-hybridized carbons (Fsp3) is 0.385. The number of sulfonamides is 1. The van der Waals surface area contributed by atoms with Crippen LogP contribution in [0.2, 0.25) is 0 Å². The van der Waals surface area contributed by atoms with Gasteiger partial charge in [-0.15, -0.1) is 0 Å². The van der Waals surface area contributed by atoms with Gasteiger partial charge in [-0.25, -0.2) is 8.42 Å². The van der Waals surface area contributed by atoms with Gasteiger partial charge in [0.25, 0.3) is 0 Å². The molecule has 1 aromatic rings. The van der Waals surface area contributed by atoms with Crippen LogP contribution in [-0.2, 0) is 26.0 Å². The number of imide groups is 1. The Hall–Kier alpha value is -1.77. The van der Waals surface area contributed by atoms with E-state index in [2.05, 4.69) is 5.32 Å². The molecule has 1 aliphatic rings. The number of benzene rings is 1. The maximum atomic E-state index is 12.5. The van der Waals surface area contributed by atoms with E-state index in [1.54, 1.807) is 12.1 Å². The molecule has 1 atom stereocenters. The number of nitrogens with two attached hydrogens (primary N) is 1. The highest BCUT2D eigenvalue weighted by molar-refractivity contribution is 7.89. The molecule has 1 saturated heterocycles. The van der Waals surface area contributed by atoms with Crippen LogP contribution in [0.1, 0.15) is 12.5 Å². The van der Waals surface area contributed by atoms with Gasteiger partial charge in [-0.05, 0) is 37.6 Å². The highest BCUT2D eigenvalue weighted by atomic mass is 32.2. The Labute approximate surface area is 123 Å². The van der Waals surface area contributed by atoms with Gasteiger partial charge in [-0.3, -0.25) is 14.9 Å². The lowest BCUT2D eigenvalue weighted by Crippen LogP contribution is -2.58. The minimum absolute atomic E-state index is 0.0534. The summed E-state index contributed by atoms with van der Waals surface area (Å²) in [6, 6.07) is 5.36. The van der Waals surface area contributed by atoms with E-state index in [0.29, 0.717) is 13.0 Å². The highest BCUT2D eigenvalue weighted by Crippen LogP contribution is 2.20. The molecule has 114 valence electrons. The van der Waals surface area contributed by atoms with Gasteiger partial charge in [0.2, 0.25) is 21.8 Å². The van der Waals surface area contributed by atoms with Gasteiger partial charge in [-0.2, -0.15) is 4.31 Å². The van der Waals surface area contributed by atoms with Crippen LogP contribution < -0.4 is 11.1 Å². The SMILES string of the molecule is CC1C(=O)NC(=O)CN1S(=O)(=O)c1ccc(CCN)cc1. The number of carbonyl (C=O) groups excluding carboxylic acids is 2. The Balaban J connectivity index is 2.32. The molecule has 3 N–H and O–H groups in total. The third kappa shape index (κ3) is 3.12. The van der Waals surface area contributed by atoms with Crippen molar-refractivity contribution in [3.8, 4) is 0 Å². The van der Waals surface area contributed by atoms with Crippen LogP contribution >= 0.6 is 0 Å². The first-order valence-electron chi connectivity index (χ1n) is 6.51. The summed E-state index contributed by atoms with van der Waals surface area (Å²) in [4.78, 5) is 23.0. The summed E-state index contributed by atoms with van der Waals surface area (Å²) in [6.07, 6.45) is 0.654. The summed E-state index contributed by atoms with van der Waals surface area (Å²) in [7, 11) is -3.89. The third-order valence-electron chi connectivity index (χ3n) is 3.34. The third-order valence-corrected chi connectivity index (χ3v) is 5.27. The molecular formula is C13H17N3O4S. The first-order chi connectivity index (χ1) is 9.86. The molecule has 0 bridgehead atoms. The zero-order chi connectivity index (χ0) is 15.6. The number of amides is 2. The van der Waals surface area contributed by atoms with Crippen LogP contribution in [0.5, 0.6) is 0 Å². The number of rotatable bonds is 4. The van der Waals surface area contributed by atoms with Crippen LogP contribution in [-0.4, -0.2) is 43.7 Å². The molecule has 0 aliphatic carbocycles. The van der Waals surface area contributed by atoms with Gasteiger partial charge in [0, 0.05) is 0 Å². The van der Waals surface area contributed by atoms with E-state index in [9.17, 15) is 18.0 Å². The summed E-state index contributed by atoms with van der Waals surface area (Å²) in [5.74, 6) is -1.24. The molecular weight excluding hydrogens is 294 g/mol. The summed E-state index contributed by atoms with van der Waals surface area (Å²) in [5.41, 5.74) is 6.37. The maximum absolute atomic E-state index is 12.5. The average Bonchev–Trinajstić information content (AvgIpc) is 2.43. The van der Waals surface area contributed by atoms with Gasteiger partial charge in [0.15, 0.2) is 0 Å². The Morgan fingerprint density at radius 1 is 1.29 bits per heavy atom. The van der Waals surface area contributed by atoms with Gasteiger partial charge >= 0.3 is 0 Å². The fourth-order valence-electron chi connectivity index (χ4n) is 2.11. The standard InChI is InChI=1S/C13H17N3O4S/c1-9-13(18)15-12(17)8-16(9)21(19,20)11-4-2-10(3-5-11)6-7-14/h2-5,9H,6-8,14H2,1H3,(H,15,17,18). The number of hydrogen-bond acceptors (Lipinski definition) is 5. The summed E-state index contributed by atoms with van der Waals surface area (Å²) >= 11 is 0. The first kappa shape index (κ1) is 15.6. The molecule has 21 heavy (non-hydrogen) atoms. The van der Waals surface area contributed by atoms with Crippen LogP contribution in [0.25, 0.3) is 0 Å². The normalized spacial score (nSPS) is 20.4. The molecule has 0 spiro atoms. The van der Waals surface area contributed by atoms with E-state index >= 15 is 0 Å². The molecule has 2 rings (SSSR count). The molecule has 1 fully saturated rings. The largest absolute Gasteiger partial charge is 0.330 e. The topological polar surface area (TPSA) is 110 Å². The predicted octanol–water partition coefficient (Wildman–Crippen LogP) is -0.777. The molecule has 7 nitrogen and oxygen atoms in total. The summed E-state index contributed by atoms with van der Waals surface area (Å²) < 4.78 is 26.0. The summed E-state index contributed by atoms with van der Waals surface area (Å²) in [6.45, 7) is 1.56. The molecule has 0 saturated carbocycles. The Kier molecular flexibility index (Phi) is 4.40. The Morgan fingerprint density at radius 2 is 1.90 bits per heavy atom. The fourth-order valence-corrected chi connectivity index (χ4v) is 3.66. The van der Waals surface area contributed by atoms with Crippen molar-refractivity contribution < 1.29 is 18.0 Å². The lowest BCUT2D eigenvalue weighted by atomic mass is 10.2. The molecule has 0 radical (unpaired) electrons. The zero-order valence-corrected chi connectivity index (χ0v) is 12.4. The second-order valence-corrected chi connectivity index (χ2v) is 6.71. The van der Waals surface area contributed by atoms with E-state index < -0.39 is 27.9 Å². The van der Waals surface area contributed by atoms with Gasteiger partial charge in [0.05, 0.1) is 11.4 Å². The minimum atomic E-state index is -3.89. The summed E-state index contributed by atoms with van der Waals surface area (Å²) in [5, 5.41) is 2.11. The van der Waals surface area contributed by atoms with Gasteiger partial charge in [-0.1, -0.05) is 12.1 Å². The number of piperazine rings is 1. The van der Waals surface area contributed by atoms with Crippen molar-refractivity contribution in [1.82, 2.24) is 9.62 Å². The van der Waals surface area contributed by atoms with Crippen LogP contribution in [0.15, 0.2) is 29.2 Å². The number of carbonyl (C=O) groups is 2. The number of nitrogens with zero attached hydrogens (tertiary/aromatic N) is 1. The van der Waals surface area contributed by atoms with Crippen LogP contribution in [0.3, 0.4) is 0 Å². The first-order valence-corrected chi connectivity index (χ1v) is 7.95. The van der Waals surface area contributed by atoms with Crippen molar-refractivity contribution in [1.29, 1.82) is 0 Å².